The van der Waals surface area contributed by atoms with Crippen molar-refractivity contribution in [3.05, 3.63) is 5.82 Å². The molecule has 0 aliphatic rings. The second kappa shape index (κ2) is 5.11. The van der Waals surface area contributed by atoms with Gasteiger partial charge in [0.2, 0.25) is 0 Å². The lowest BCUT2D eigenvalue weighted by atomic mass is 10.1. The van der Waals surface area contributed by atoms with Gasteiger partial charge in [-0.25, -0.2) is 8.42 Å². The monoisotopic (exact) mass is 267 g/mol. The number of methoxy groups -OCH3 is 1. The summed E-state index contributed by atoms with van der Waals surface area (Å²) in [6.07, 6.45) is 0.587. The Morgan fingerprint density at radius 2 is 2.12 bits per heavy atom. The van der Waals surface area contributed by atoms with E-state index in [2.05, 4.69) is 10.2 Å². The highest BCUT2D eigenvalue weighted by atomic mass is 35.7. The van der Waals surface area contributed by atoms with Crippen molar-refractivity contribution in [3.8, 4) is 0 Å². The molecule has 0 aromatic carbocycles. The molecule has 0 bridgehead atoms. The Morgan fingerprint density at radius 1 is 1.50 bits per heavy atom. The zero-order valence-electron chi connectivity index (χ0n) is 9.34. The number of aromatic nitrogens is 3. The largest absolute Gasteiger partial charge is 0.384 e. The fourth-order valence-corrected chi connectivity index (χ4v) is 2.36. The van der Waals surface area contributed by atoms with E-state index in [-0.39, 0.29) is 11.1 Å². The quantitative estimate of drug-likeness (QED) is 0.729. The average Bonchev–Trinajstić information content (AvgIpc) is 2.47. The van der Waals surface area contributed by atoms with Crippen molar-refractivity contribution in [1.29, 1.82) is 0 Å². The minimum atomic E-state index is -3.83. The van der Waals surface area contributed by atoms with E-state index in [1.165, 1.54) is 4.57 Å². The summed E-state index contributed by atoms with van der Waals surface area (Å²) in [4.78, 5) is 0. The smallest absolute Gasteiger partial charge is 0.296 e. The molecule has 0 N–H and O–H groups in total. The first-order valence-electron chi connectivity index (χ1n) is 4.68. The van der Waals surface area contributed by atoms with Crippen molar-refractivity contribution in [1.82, 2.24) is 14.8 Å². The lowest BCUT2D eigenvalue weighted by Crippen LogP contribution is -2.12. The molecule has 0 amide bonds. The third kappa shape index (κ3) is 3.16. The second-order valence-electron chi connectivity index (χ2n) is 3.66. The molecule has 8 heteroatoms. The number of rotatable bonds is 5. The van der Waals surface area contributed by atoms with Gasteiger partial charge in [0.05, 0.1) is 0 Å². The SMILES string of the molecule is COCC(C)Cc1nnc(S(=O)(=O)Cl)n1C. The summed E-state index contributed by atoms with van der Waals surface area (Å²) in [6.45, 7) is 2.56. The molecule has 6 nitrogen and oxygen atoms in total. The van der Waals surface area contributed by atoms with Crippen molar-refractivity contribution in [2.24, 2.45) is 13.0 Å². The number of hydrogen-bond acceptors (Lipinski definition) is 5. The minimum Gasteiger partial charge on any atom is -0.384 e. The van der Waals surface area contributed by atoms with Gasteiger partial charge in [-0.2, -0.15) is 0 Å². The molecule has 1 heterocycles. The lowest BCUT2D eigenvalue weighted by Gasteiger charge is -2.08. The Kier molecular flexibility index (Phi) is 4.28. The van der Waals surface area contributed by atoms with Gasteiger partial charge in [0.25, 0.3) is 14.2 Å². The fourth-order valence-electron chi connectivity index (χ4n) is 1.39. The van der Waals surface area contributed by atoms with E-state index in [4.69, 9.17) is 15.4 Å². The molecular formula is C8H14ClN3O3S. The highest BCUT2D eigenvalue weighted by molar-refractivity contribution is 8.13. The molecule has 0 saturated carbocycles. The fraction of sp³-hybridized carbons (Fsp3) is 0.750. The molecule has 1 rings (SSSR count). The van der Waals surface area contributed by atoms with Crippen LogP contribution in [-0.4, -0.2) is 36.9 Å². The van der Waals surface area contributed by atoms with Crippen LogP contribution in [0.2, 0.25) is 0 Å². The van der Waals surface area contributed by atoms with Crippen LogP contribution in [0.25, 0.3) is 0 Å². The normalized spacial score (nSPS) is 14.0. The molecule has 1 aromatic rings. The van der Waals surface area contributed by atoms with Crippen LogP contribution >= 0.6 is 10.7 Å². The van der Waals surface area contributed by atoms with Gasteiger partial charge >= 0.3 is 0 Å². The molecule has 0 aliphatic carbocycles. The molecule has 1 unspecified atom stereocenters. The van der Waals surface area contributed by atoms with Gasteiger partial charge in [-0.05, 0) is 5.92 Å². The number of ether oxygens (including phenoxy) is 1. The van der Waals surface area contributed by atoms with E-state index in [9.17, 15) is 8.42 Å². The maximum atomic E-state index is 11.1. The van der Waals surface area contributed by atoms with Crippen molar-refractivity contribution in [3.63, 3.8) is 0 Å². The summed E-state index contributed by atoms with van der Waals surface area (Å²) in [5.74, 6) is 0.808. The predicted octanol–water partition coefficient (Wildman–Crippen LogP) is 0.568. The summed E-state index contributed by atoms with van der Waals surface area (Å²) in [5, 5.41) is 7.12. The van der Waals surface area contributed by atoms with Gasteiger partial charge < -0.3 is 9.30 Å². The second-order valence-corrected chi connectivity index (χ2v) is 6.12. The van der Waals surface area contributed by atoms with Gasteiger partial charge in [-0.1, -0.05) is 6.92 Å². The molecule has 1 aromatic heterocycles. The topological polar surface area (TPSA) is 74.1 Å². The summed E-state index contributed by atoms with van der Waals surface area (Å²) in [7, 11) is 4.56. The minimum absolute atomic E-state index is 0.228. The first-order chi connectivity index (χ1) is 7.36. The maximum absolute atomic E-state index is 11.1. The summed E-state index contributed by atoms with van der Waals surface area (Å²) in [5.41, 5.74) is 0. The van der Waals surface area contributed by atoms with Gasteiger partial charge in [0, 0.05) is 37.9 Å². The third-order valence-electron chi connectivity index (χ3n) is 2.13. The van der Waals surface area contributed by atoms with Gasteiger partial charge in [-0.3, -0.25) is 0 Å². The van der Waals surface area contributed by atoms with Gasteiger partial charge in [0.1, 0.15) is 5.82 Å². The summed E-state index contributed by atoms with van der Waals surface area (Å²) >= 11 is 0. The number of halogens is 1. The summed E-state index contributed by atoms with van der Waals surface area (Å²) < 4.78 is 28.6. The van der Waals surface area contributed by atoms with Gasteiger partial charge in [0.15, 0.2) is 0 Å². The first kappa shape index (κ1) is 13.4. The predicted molar refractivity (Wildman–Crippen MR) is 58.8 cm³/mol. The molecule has 92 valence electrons. The van der Waals surface area contributed by atoms with E-state index < -0.39 is 9.05 Å². The molecule has 16 heavy (non-hydrogen) atoms. The first-order valence-corrected chi connectivity index (χ1v) is 6.99. The van der Waals surface area contributed by atoms with Crippen LogP contribution in [0.15, 0.2) is 5.16 Å². The van der Waals surface area contributed by atoms with Crippen molar-refractivity contribution >= 4 is 19.7 Å². The third-order valence-corrected chi connectivity index (χ3v) is 3.33. The van der Waals surface area contributed by atoms with Crippen molar-refractivity contribution in [2.75, 3.05) is 13.7 Å². The molecule has 1 atom stereocenters. The van der Waals surface area contributed by atoms with E-state index in [1.54, 1.807) is 14.2 Å². The Labute approximate surface area is 99.0 Å². The van der Waals surface area contributed by atoms with E-state index in [1.807, 2.05) is 6.92 Å². The van der Waals surface area contributed by atoms with Crippen LogP contribution in [0.4, 0.5) is 0 Å². The molecule has 0 spiro atoms. The molecular weight excluding hydrogens is 254 g/mol. The Balaban J connectivity index is 2.89. The van der Waals surface area contributed by atoms with E-state index in [0.717, 1.165) is 0 Å². The Hall–Kier alpha value is -0.660. The standard InChI is InChI=1S/C8H14ClN3O3S/c1-6(5-15-3)4-7-10-11-8(12(7)2)16(9,13)14/h6H,4-5H2,1-3H3. The Bertz CT molecular complexity index is 457. The van der Waals surface area contributed by atoms with Crippen LogP contribution in [0, 0.1) is 5.92 Å². The molecule has 0 radical (unpaired) electrons. The highest BCUT2D eigenvalue weighted by Gasteiger charge is 2.20. The van der Waals surface area contributed by atoms with Crippen molar-refractivity contribution in [2.45, 2.75) is 18.5 Å². The van der Waals surface area contributed by atoms with Crippen LogP contribution in [0.1, 0.15) is 12.7 Å². The van der Waals surface area contributed by atoms with E-state index in [0.29, 0.717) is 18.9 Å². The molecule has 0 saturated heterocycles. The van der Waals surface area contributed by atoms with Crippen LogP contribution in [0.5, 0.6) is 0 Å². The average molecular weight is 268 g/mol. The highest BCUT2D eigenvalue weighted by Crippen LogP contribution is 2.14. The van der Waals surface area contributed by atoms with Crippen LogP contribution in [-0.2, 0) is 27.3 Å². The molecule has 0 aliphatic heterocycles. The van der Waals surface area contributed by atoms with E-state index >= 15 is 0 Å². The van der Waals surface area contributed by atoms with Crippen molar-refractivity contribution < 1.29 is 13.2 Å². The lowest BCUT2D eigenvalue weighted by molar-refractivity contribution is 0.158. The summed E-state index contributed by atoms with van der Waals surface area (Å²) in [6, 6.07) is 0. The maximum Gasteiger partial charge on any atom is 0.296 e. The van der Waals surface area contributed by atoms with Crippen LogP contribution in [0.3, 0.4) is 0 Å². The zero-order chi connectivity index (χ0) is 12.3. The Morgan fingerprint density at radius 3 is 2.56 bits per heavy atom. The number of nitrogens with zero attached hydrogens (tertiary/aromatic N) is 3. The van der Waals surface area contributed by atoms with Crippen LogP contribution < -0.4 is 0 Å². The molecule has 0 fully saturated rings. The number of hydrogen-bond donors (Lipinski definition) is 0. The zero-order valence-corrected chi connectivity index (χ0v) is 10.9. The van der Waals surface area contributed by atoms with Gasteiger partial charge in [-0.15, -0.1) is 10.2 Å².